The Morgan fingerprint density at radius 1 is 1.29 bits per heavy atom. The molecule has 0 saturated heterocycles. The fourth-order valence-corrected chi connectivity index (χ4v) is 1.55. The molecule has 1 atom stereocenters. The van der Waals surface area contributed by atoms with Crippen molar-refractivity contribution in [3.63, 3.8) is 0 Å². The van der Waals surface area contributed by atoms with Crippen LogP contribution in [0.15, 0.2) is 16.7 Å². The largest absolute Gasteiger partial charge is 0.382 e. The third kappa shape index (κ3) is 2.48. The highest BCUT2D eigenvalue weighted by atomic mass is 16.5. The molecule has 0 aliphatic carbocycles. The number of nitrogens with two attached hydrogens (primary N) is 1. The van der Waals surface area contributed by atoms with Crippen molar-refractivity contribution < 1.29 is 9.63 Å². The lowest BCUT2D eigenvalue weighted by Crippen LogP contribution is -2.11. The van der Waals surface area contributed by atoms with Gasteiger partial charge in [0.25, 0.3) is 5.89 Å². The molecule has 0 spiro atoms. The predicted octanol–water partition coefficient (Wildman–Crippen LogP) is 0.741. The van der Waals surface area contributed by atoms with Crippen molar-refractivity contribution >= 4 is 0 Å². The summed E-state index contributed by atoms with van der Waals surface area (Å²) in [6.07, 6.45) is -0.916. The number of aliphatic hydroxyl groups is 1. The molecule has 2 rings (SSSR count). The Kier molecular flexibility index (Phi) is 3.16. The average molecular weight is 234 g/mol. The molecule has 0 fully saturated rings. The van der Waals surface area contributed by atoms with Crippen LogP contribution in [0, 0.1) is 13.8 Å². The van der Waals surface area contributed by atoms with Crippen LogP contribution in [0.2, 0.25) is 0 Å². The number of hydrogen-bond acceptors (Lipinski definition) is 6. The molecular weight excluding hydrogens is 220 g/mol. The Hall–Kier alpha value is -1.79. The number of hydrogen-bond donors (Lipinski definition) is 2. The molecule has 0 unspecified atom stereocenters. The van der Waals surface area contributed by atoms with Crippen molar-refractivity contribution in [1.29, 1.82) is 0 Å². The van der Waals surface area contributed by atoms with Crippen LogP contribution >= 0.6 is 0 Å². The van der Waals surface area contributed by atoms with Gasteiger partial charge in [0.15, 0.2) is 0 Å². The van der Waals surface area contributed by atoms with E-state index in [0.29, 0.717) is 5.82 Å². The van der Waals surface area contributed by atoms with E-state index in [0.717, 1.165) is 17.0 Å². The molecule has 6 heteroatoms. The van der Waals surface area contributed by atoms with Crippen LogP contribution in [0.5, 0.6) is 0 Å². The number of rotatable bonds is 3. The van der Waals surface area contributed by atoms with Gasteiger partial charge in [-0.05, 0) is 26.0 Å². The molecule has 6 nitrogen and oxygen atoms in total. The molecule has 2 aromatic rings. The first-order valence-electron chi connectivity index (χ1n) is 5.27. The Morgan fingerprint density at radius 3 is 2.53 bits per heavy atom. The number of aromatic nitrogens is 3. The van der Waals surface area contributed by atoms with E-state index in [2.05, 4.69) is 15.1 Å². The maximum atomic E-state index is 9.47. The van der Waals surface area contributed by atoms with Crippen LogP contribution in [-0.2, 0) is 0 Å². The summed E-state index contributed by atoms with van der Waals surface area (Å²) in [6.45, 7) is 3.84. The predicted molar refractivity (Wildman–Crippen MR) is 61.0 cm³/mol. The van der Waals surface area contributed by atoms with Crippen LogP contribution < -0.4 is 5.73 Å². The lowest BCUT2D eigenvalue weighted by molar-refractivity contribution is 0.141. The van der Waals surface area contributed by atoms with Gasteiger partial charge in [0.05, 0.1) is 0 Å². The molecule has 0 saturated carbocycles. The zero-order chi connectivity index (χ0) is 12.4. The van der Waals surface area contributed by atoms with Gasteiger partial charge in [-0.25, -0.2) is 0 Å². The van der Waals surface area contributed by atoms with Crippen LogP contribution in [0.25, 0.3) is 11.4 Å². The number of aliphatic hydroxyl groups excluding tert-OH is 1. The maximum Gasteiger partial charge on any atom is 0.257 e. The molecule has 90 valence electrons. The molecule has 2 heterocycles. The van der Waals surface area contributed by atoms with Crippen LogP contribution in [0.4, 0.5) is 0 Å². The van der Waals surface area contributed by atoms with E-state index in [9.17, 15) is 5.11 Å². The molecule has 0 bridgehead atoms. The van der Waals surface area contributed by atoms with E-state index in [-0.39, 0.29) is 12.4 Å². The molecule has 0 radical (unpaired) electrons. The third-order valence-electron chi connectivity index (χ3n) is 2.29. The van der Waals surface area contributed by atoms with Gasteiger partial charge in [-0.2, -0.15) is 4.98 Å². The quantitative estimate of drug-likeness (QED) is 0.812. The molecule has 2 aromatic heterocycles. The van der Waals surface area contributed by atoms with Crippen molar-refractivity contribution in [3.8, 4) is 11.4 Å². The summed E-state index contributed by atoms with van der Waals surface area (Å²) in [5.41, 5.74) is 7.89. The van der Waals surface area contributed by atoms with E-state index in [1.54, 1.807) is 0 Å². The smallest absolute Gasteiger partial charge is 0.257 e. The number of nitrogens with zero attached hydrogens (tertiary/aromatic N) is 3. The summed E-state index contributed by atoms with van der Waals surface area (Å²) in [5.74, 6) is 0.565. The Morgan fingerprint density at radius 2 is 1.94 bits per heavy atom. The first-order chi connectivity index (χ1) is 8.10. The Bertz CT molecular complexity index is 504. The van der Waals surface area contributed by atoms with E-state index in [1.165, 1.54) is 0 Å². The van der Waals surface area contributed by atoms with Gasteiger partial charge >= 0.3 is 0 Å². The zero-order valence-electron chi connectivity index (χ0n) is 9.71. The van der Waals surface area contributed by atoms with Gasteiger partial charge in [-0.15, -0.1) is 0 Å². The molecule has 3 N–H and O–H groups in total. The standard InChI is InChI=1S/C11H14N4O2/c1-6-3-8(4-7(2)13-6)10-14-11(17-15-10)9(16)5-12/h3-4,9,16H,5,12H2,1-2H3/t9-/m0/s1. The van der Waals surface area contributed by atoms with Crippen molar-refractivity contribution in [2.24, 2.45) is 5.73 Å². The molecule has 0 aliphatic heterocycles. The molecule has 0 amide bonds. The Balaban J connectivity index is 2.36. The fourth-order valence-electron chi connectivity index (χ4n) is 1.55. The van der Waals surface area contributed by atoms with E-state index in [4.69, 9.17) is 10.3 Å². The molecule has 0 aliphatic rings. The topological polar surface area (TPSA) is 98.1 Å². The molecule has 0 aromatic carbocycles. The third-order valence-corrected chi connectivity index (χ3v) is 2.29. The SMILES string of the molecule is Cc1cc(-c2noc([C@@H](O)CN)n2)cc(C)n1. The van der Waals surface area contributed by atoms with Crippen molar-refractivity contribution in [3.05, 3.63) is 29.4 Å². The van der Waals surface area contributed by atoms with Gasteiger partial charge in [-0.3, -0.25) is 4.98 Å². The van der Waals surface area contributed by atoms with Gasteiger partial charge in [0.1, 0.15) is 6.10 Å². The summed E-state index contributed by atoms with van der Waals surface area (Å²) < 4.78 is 4.94. The number of pyridine rings is 1. The van der Waals surface area contributed by atoms with Gasteiger partial charge in [0.2, 0.25) is 5.82 Å². The maximum absolute atomic E-state index is 9.47. The second-order valence-electron chi connectivity index (χ2n) is 3.85. The first kappa shape index (κ1) is 11.7. The minimum absolute atomic E-state index is 0.0516. The first-order valence-corrected chi connectivity index (χ1v) is 5.27. The van der Waals surface area contributed by atoms with Crippen LogP contribution in [0.3, 0.4) is 0 Å². The monoisotopic (exact) mass is 234 g/mol. The minimum atomic E-state index is -0.916. The summed E-state index contributed by atoms with van der Waals surface area (Å²) >= 11 is 0. The van der Waals surface area contributed by atoms with Crippen LogP contribution in [-0.4, -0.2) is 26.8 Å². The summed E-state index contributed by atoms with van der Waals surface area (Å²) in [6, 6.07) is 3.72. The number of aryl methyl sites for hydroxylation is 2. The highest BCUT2D eigenvalue weighted by Crippen LogP contribution is 2.19. The van der Waals surface area contributed by atoms with Crippen molar-refractivity contribution in [1.82, 2.24) is 15.1 Å². The summed E-state index contributed by atoms with van der Waals surface area (Å²) in [4.78, 5) is 8.36. The van der Waals surface area contributed by atoms with E-state index >= 15 is 0 Å². The lowest BCUT2D eigenvalue weighted by Gasteiger charge is -2.00. The summed E-state index contributed by atoms with van der Waals surface area (Å²) in [5, 5.41) is 13.3. The normalized spacial score (nSPS) is 12.7. The average Bonchev–Trinajstić information content (AvgIpc) is 2.76. The van der Waals surface area contributed by atoms with E-state index in [1.807, 2.05) is 26.0 Å². The van der Waals surface area contributed by atoms with Gasteiger partial charge < -0.3 is 15.4 Å². The van der Waals surface area contributed by atoms with Gasteiger partial charge in [0, 0.05) is 23.5 Å². The van der Waals surface area contributed by atoms with Gasteiger partial charge in [-0.1, -0.05) is 5.16 Å². The highest BCUT2D eigenvalue weighted by Gasteiger charge is 2.15. The van der Waals surface area contributed by atoms with Crippen LogP contribution in [0.1, 0.15) is 23.4 Å². The molecular formula is C11H14N4O2. The van der Waals surface area contributed by atoms with Crippen molar-refractivity contribution in [2.75, 3.05) is 6.54 Å². The second kappa shape index (κ2) is 4.60. The lowest BCUT2D eigenvalue weighted by atomic mass is 10.2. The molecule has 17 heavy (non-hydrogen) atoms. The zero-order valence-corrected chi connectivity index (χ0v) is 9.71. The summed E-state index contributed by atoms with van der Waals surface area (Å²) in [7, 11) is 0. The second-order valence-corrected chi connectivity index (χ2v) is 3.85. The minimum Gasteiger partial charge on any atom is -0.382 e. The Labute approximate surface area is 98.5 Å². The van der Waals surface area contributed by atoms with Crippen molar-refractivity contribution in [2.45, 2.75) is 20.0 Å². The fraction of sp³-hybridized carbons (Fsp3) is 0.364. The van der Waals surface area contributed by atoms with E-state index < -0.39 is 6.10 Å². The highest BCUT2D eigenvalue weighted by molar-refractivity contribution is 5.55.